The van der Waals surface area contributed by atoms with E-state index in [0.717, 1.165) is 0 Å². The average Bonchev–Trinajstić information content (AvgIpc) is 3.03. The van der Waals surface area contributed by atoms with Gasteiger partial charge >= 0.3 is 11.7 Å². The third-order valence-corrected chi connectivity index (χ3v) is 4.10. The van der Waals surface area contributed by atoms with Crippen LogP contribution in [0.4, 0.5) is 0 Å². The molecule has 0 bridgehead atoms. The number of ether oxygens (including phenoxy) is 2. The first kappa shape index (κ1) is 20.2. The molecule has 146 valence electrons. The molecule has 2 heterocycles. The Bertz CT molecular complexity index is 870. The number of aryl methyl sites for hydroxylation is 1. The number of carbonyl (C=O) groups excluding carboxylic acids is 2. The van der Waals surface area contributed by atoms with Gasteiger partial charge in [0.05, 0.1) is 12.5 Å². The van der Waals surface area contributed by atoms with E-state index in [4.69, 9.17) is 15.0 Å². The van der Waals surface area contributed by atoms with Crippen LogP contribution in [0.15, 0.2) is 20.9 Å². The van der Waals surface area contributed by atoms with Gasteiger partial charge in [-0.3, -0.25) is 23.9 Å². The van der Waals surface area contributed by atoms with E-state index in [1.54, 1.807) is 6.92 Å². The van der Waals surface area contributed by atoms with E-state index in [2.05, 4.69) is 20.3 Å². The maximum atomic E-state index is 12.0. The van der Waals surface area contributed by atoms with E-state index in [-0.39, 0.29) is 31.8 Å². The molecule has 3 atom stereocenters. The Morgan fingerprint density at radius 2 is 2.22 bits per heavy atom. The van der Waals surface area contributed by atoms with Crippen molar-refractivity contribution in [1.82, 2.24) is 14.9 Å². The van der Waals surface area contributed by atoms with E-state index < -0.39 is 35.6 Å². The lowest BCUT2D eigenvalue weighted by atomic mass is 10.1. The van der Waals surface area contributed by atoms with Crippen LogP contribution in [0.25, 0.3) is 10.4 Å². The number of carbonyl (C=O) groups is 2. The fourth-order valence-electron chi connectivity index (χ4n) is 2.61. The first-order chi connectivity index (χ1) is 12.8. The van der Waals surface area contributed by atoms with Crippen LogP contribution >= 0.6 is 0 Å². The van der Waals surface area contributed by atoms with Gasteiger partial charge in [0.25, 0.3) is 5.56 Å². The molecule has 0 radical (unpaired) electrons. The summed E-state index contributed by atoms with van der Waals surface area (Å²) in [5.41, 5.74) is 7.89. The van der Waals surface area contributed by atoms with Crippen LogP contribution < -0.4 is 16.6 Å². The van der Waals surface area contributed by atoms with Crippen molar-refractivity contribution in [3.05, 3.63) is 43.0 Å². The lowest BCUT2D eigenvalue weighted by Crippen LogP contribution is -2.33. The molecule has 0 unspecified atom stereocenters. The summed E-state index contributed by atoms with van der Waals surface area (Å²) in [6.45, 7) is 1.35. The molecule has 1 amide bonds. The molecule has 1 aliphatic heterocycles. The molecule has 27 heavy (non-hydrogen) atoms. The number of aromatic amines is 1. The molecule has 1 fully saturated rings. The SMILES string of the molecule is CNC(=O)CCC(=O)OC[C@H]1O[C@@H](n2cc(C)c(=O)[nH]c2=O)C[C@@H]1N=[N+]=[N-]. The summed E-state index contributed by atoms with van der Waals surface area (Å²) < 4.78 is 12.0. The highest BCUT2D eigenvalue weighted by Crippen LogP contribution is 2.30. The molecule has 0 spiro atoms. The van der Waals surface area contributed by atoms with Crippen molar-refractivity contribution < 1.29 is 19.1 Å². The highest BCUT2D eigenvalue weighted by Gasteiger charge is 2.37. The summed E-state index contributed by atoms with van der Waals surface area (Å²) in [5, 5.41) is 6.02. The second-order valence-corrected chi connectivity index (χ2v) is 5.97. The fraction of sp³-hybridized carbons (Fsp3) is 0.600. The number of nitrogens with one attached hydrogen (secondary N) is 2. The highest BCUT2D eigenvalue weighted by molar-refractivity contribution is 5.80. The lowest BCUT2D eigenvalue weighted by molar-refractivity contribution is -0.149. The maximum Gasteiger partial charge on any atom is 0.330 e. The molecule has 0 aliphatic carbocycles. The van der Waals surface area contributed by atoms with Crippen molar-refractivity contribution in [2.45, 2.75) is 44.6 Å². The zero-order valence-electron chi connectivity index (χ0n) is 14.9. The monoisotopic (exact) mass is 380 g/mol. The van der Waals surface area contributed by atoms with Crippen LogP contribution in [-0.2, 0) is 19.1 Å². The second kappa shape index (κ2) is 9.01. The van der Waals surface area contributed by atoms with Gasteiger partial charge in [-0.15, -0.1) is 0 Å². The van der Waals surface area contributed by atoms with Gasteiger partial charge in [-0.05, 0) is 12.5 Å². The highest BCUT2D eigenvalue weighted by atomic mass is 16.6. The topological polar surface area (TPSA) is 168 Å². The molecular weight excluding hydrogens is 360 g/mol. The van der Waals surface area contributed by atoms with Gasteiger partial charge in [0.15, 0.2) is 0 Å². The zero-order chi connectivity index (χ0) is 20.0. The van der Waals surface area contributed by atoms with E-state index in [1.807, 2.05) is 0 Å². The summed E-state index contributed by atoms with van der Waals surface area (Å²) >= 11 is 0. The number of hydrogen-bond donors (Lipinski definition) is 2. The minimum Gasteiger partial charge on any atom is -0.463 e. The van der Waals surface area contributed by atoms with Crippen molar-refractivity contribution in [2.75, 3.05) is 13.7 Å². The van der Waals surface area contributed by atoms with Crippen LogP contribution in [0.2, 0.25) is 0 Å². The van der Waals surface area contributed by atoms with E-state index in [0.29, 0.717) is 5.56 Å². The molecule has 2 N–H and O–H groups in total. The summed E-state index contributed by atoms with van der Waals surface area (Å²) in [7, 11) is 1.46. The van der Waals surface area contributed by atoms with Crippen molar-refractivity contribution >= 4 is 11.9 Å². The predicted molar refractivity (Wildman–Crippen MR) is 91.8 cm³/mol. The van der Waals surface area contributed by atoms with Crippen molar-refractivity contribution in [2.24, 2.45) is 5.11 Å². The van der Waals surface area contributed by atoms with Crippen molar-refractivity contribution in [3.8, 4) is 0 Å². The first-order valence-corrected chi connectivity index (χ1v) is 8.23. The largest absolute Gasteiger partial charge is 0.463 e. The minimum atomic E-state index is -0.780. The second-order valence-electron chi connectivity index (χ2n) is 5.97. The molecule has 2 rings (SSSR count). The molecule has 1 aromatic heterocycles. The number of azide groups is 1. The molecular formula is C15H20N6O6. The molecule has 1 aliphatic rings. The Hall–Kier alpha value is -3.11. The number of hydrogen-bond acceptors (Lipinski definition) is 7. The summed E-state index contributed by atoms with van der Waals surface area (Å²) in [6.07, 6.45) is -0.102. The van der Waals surface area contributed by atoms with Crippen LogP contribution in [0.1, 0.15) is 31.1 Å². The van der Waals surface area contributed by atoms with E-state index >= 15 is 0 Å². The third kappa shape index (κ3) is 5.19. The zero-order valence-corrected chi connectivity index (χ0v) is 14.9. The fourth-order valence-corrected chi connectivity index (χ4v) is 2.61. The maximum absolute atomic E-state index is 12.0. The Morgan fingerprint density at radius 1 is 1.48 bits per heavy atom. The van der Waals surface area contributed by atoms with Gasteiger partial charge in [-0.25, -0.2) is 4.79 Å². The van der Waals surface area contributed by atoms with Gasteiger partial charge in [0.2, 0.25) is 5.91 Å². The van der Waals surface area contributed by atoms with Crippen LogP contribution in [-0.4, -0.2) is 47.2 Å². The van der Waals surface area contributed by atoms with Crippen LogP contribution in [0.3, 0.4) is 0 Å². The first-order valence-electron chi connectivity index (χ1n) is 8.23. The third-order valence-electron chi connectivity index (χ3n) is 4.10. The smallest absolute Gasteiger partial charge is 0.330 e. The summed E-state index contributed by atoms with van der Waals surface area (Å²) in [4.78, 5) is 51.3. The Morgan fingerprint density at radius 3 is 2.89 bits per heavy atom. The van der Waals surface area contributed by atoms with Gasteiger partial charge in [-0.2, -0.15) is 0 Å². The number of rotatable bonds is 7. The quantitative estimate of drug-likeness (QED) is 0.289. The van der Waals surface area contributed by atoms with E-state index in [9.17, 15) is 19.2 Å². The van der Waals surface area contributed by atoms with Crippen molar-refractivity contribution in [3.63, 3.8) is 0 Å². The molecule has 1 saturated heterocycles. The Kier molecular flexibility index (Phi) is 6.74. The summed E-state index contributed by atoms with van der Waals surface area (Å²) in [5.74, 6) is -0.883. The standard InChI is InChI=1S/C15H20N6O6/c1-8-6-21(15(25)18-14(8)24)12-5-9(19-20-16)10(27-12)7-26-13(23)4-3-11(22)17-2/h6,9-10,12H,3-5,7H2,1-2H3,(H,17,22)(H,18,24,25)/t9-,10+,12+/m0/s1. The lowest BCUT2D eigenvalue weighted by Gasteiger charge is -2.16. The molecule has 0 saturated carbocycles. The average molecular weight is 380 g/mol. The van der Waals surface area contributed by atoms with Crippen LogP contribution in [0.5, 0.6) is 0 Å². The van der Waals surface area contributed by atoms with Gasteiger partial charge in [-0.1, -0.05) is 5.11 Å². The molecule has 12 nitrogen and oxygen atoms in total. The number of H-pyrrole nitrogens is 1. The predicted octanol–water partition coefficient (Wildman–Crippen LogP) is -0.119. The normalized spacial score (nSPS) is 21.3. The molecule has 0 aromatic carbocycles. The molecule has 12 heteroatoms. The summed E-state index contributed by atoms with van der Waals surface area (Å²) in [6, 6.07) is -0.661. The van der Waals surface area contributed by atoms with Gasteiger partial charge < -0.3 is 14.8 Å². The van der Waals surface area contributed by atoms with Crippen molar-refractivity contribution in [1.29, 1.82) is 0 Å². The number of aromatic nitrogens is 2. The van der Waals surface area contributed by atoms with Gasteiger partial charge in [0, 0.05) is 36.6 Å². The number of amides is 1. The van der Waals surface area contributed by atoms with Gasteiger partial charge in [0.1, 0.15) is 18.9 Å². The Balaban J connectivity index is 2.04. The molecule has 1 aromatic rings. The van der Waals surface area contributed by atoms with Crippen LogP contribution in [0, 0.1) is 6.92 Å². The Labute approximate surface area is 153 Å². The number of nitrogens with zero attached hydrogens (tertiary/aromatic N) is 4. The number of esters is 1. The van der Waals surface area contributed by atoms with E-state index in [1.165, 1.54) is 17.8 Å². The minimum absolute atomic E-state index is 0.00465.